The second kappa shape index (κ2) is 6.52. The lowest BCUT2D eigenvalue weighted by Crippen LogP contribution is -2.13. The summed E-state index contributed by atoms with van der Waals surface area (Å²) in [4.78, 5) is 22.6. The first-order chi connectivity index (χ1) is 11.9. The summed E-state index contributed by atoms with van der Waals surface area (Å²) < 4.78 is 13.3. The molecule has 3 aromatic rings. The largest absolute Gasteiger partial charge is 0.305 e. The molecule has 25 heavy (non-hydrogen) atoms. The van der Waals surface area contributed by atoms with Crippen LogP contribution in [0, 0.1) is 22.9 Å². The van der Waals surface area contributed by atoms with Gasteiger partial charge in [-0.2, -0.15) is 5.10 Å². The maximum Gasteiger partial charge on any atom is 0.270 e. The first-order valence-corrected chi connectivity index (χ1v) is 7.32. The molecule has 2 N–H and O–H groups in total. The minimum absolute atomic E-state index is 0.0481. The first kappa shape index (κ1) is 16.3. The second-order valence-corrected chi connectivity index (χ2v) is 5.39. The summed E-state index contributed by atoms with van der Waals surface area (Å²) >= 11 is 0. The molecule has 1 amide bonds. The number of nitro groups is 1. The molecule has 0 fully saturated rings. The van der Waals surface area contributed by atoms with Crippen molar-refractivity contribution in [3.63, 3.8) is 0 Å². The predicted octanol–water partition coefficient (Wildman–Crippen LogP) is 3.68. The van der Waals surface area contributed by atoms with E-state index in [1.165, 1.54) is 24.3 Å². The molecule has 2 aromatic carbocycles. The van der Waals surface area contributed by atoms with Crippen LogP contribution < -0.4 is 5.32 Å². The smallest absolute Gasteiger partial charge is 0.270 e. The number of hydrogen-bond acceptors (Lipinski definition) is 4. The summed E-state index contributed by atoms with van der Waals surface area (Å²) in [6, 6.07) is 11.5. The lowest BCUT2D eigenvalue weighted by molar-refractivity contribution is -0.384. The quantitative estimate of drug-likeness (QED) is 0.559. The minimum atomic E-state index is -0.505. The third kappa shape index (κ3) is 3.52. The molecule has 1 heterocycles. The Bertz CT molecular complexity index is 968. The average molecular weight is 340 g/mol. The fourth-order valence-corrected chi connectivity index (χ4v) is 2.34. The summed E-state index contributed by atoms with van der Waals surface area (Å²) in [5.41, 5.74) is 1.86. The molecule has 7 nitrogen and oxygen atoms in total. The van der Waals surface area contributed by atoms with Crippen LogP contribution in [0.5, 0.6) is 0 Å². The maximum absolute atomic E-state index is 13.3. The van der Waals surface area contributed by atoms with Gasteiger partial charge in [-0.05, 0) is 24.6 Å². The summed E-state index contributed by atoms with van der Waals surface area (Å²) in [6.07, 6.45) is 0. The molecule has 0 spiro atoms. The van der Waals surface area contributed by atoms with E-state index in [0.29, 0.717) is 16.8 Å². The van der Waals surface area contributed by atoms with Gasteiger partial charge < -0.3 is 5.32 Å². The van der Waals surface area contributed by atoms with E-state index in [2.05, 4.69) is 15.5 Å². The molecule has 0 bridgehead atoms. The third-order valence-electron chi connectivity index (χ3n) is 3.63. The molecule has 8 heteroatoms. The number of aryl methyl sites for hydroxylation is 1. The predicted molar refractivity (Wildman–Crippen MR) is 89.8 cm³/mol. The second-order valence-electron chi connectivity index (χ2n) is 5.39. The number of rotatable bonds is 4. The van der Waals surface area contributed by atoms with Crippen molar-refractivity contribution < 1.29 is 14.1 Å². The number of carbonyl (C=O) groups is 1. The maximum atomic E-state index is 13.3. The van der Waals surface area contributed by atoms with Gasteiger partial charge in [0, 0.05) is 29.3 Å². The van der Waals surface area contributed by atoms with Gasteiger partial charge in [-0.3, -0.25) is 20.0 Å². The number of H-pyrrole nitrogens is 1. The minimum Gasteiger partial charge on any atom is -0.305 e. The van der Waals surface area contributed by atoms with Crippen LogP contribution >= 0.6 is 0 Å². The van der Waals surface area contributed by atoms with Crippen LogP contribution in [-0.4, -0.2) is 21.0 Å². The number of hydrogen-bond donors (Lipinski definition) is 2. The zero-order chi connectivity index (χ0) is 18.0. The molecule has 0 atom stereocenters. The number of aromatic amines is 1. The van der Waals surface area contributed by atoms with Gasteiger partial charge in [-0.15, -0.1) is 0 Å². The zero-order valence-corrected chi connectivity index (χ0v) is 13.1. The number of aromatic nitrogens is 2. The van der Waals surface area contributed by atoms with Gasteiger partial charge >= 0.3 is 0 Å². The van der Waals surface area contributed by atoms with Crippen LogP contribution in [-0.2, 0) is 0 Å². The van der Waals surface area contributed by atoms with E-state index in [9.17, 15) is 19.3 Å². The van der Waals surface area contributed by atoms with Crippen molar-refractivity contribution in [2.24, 2.45) is 0 Å². The fourth-order valence-electron chi connectivity index (χ4n) is 2.34. The van der Waals surface area contributed by atoms with E-state index >= 15 is 0 Å². The van der Waals surface area contributed by atoms with Crippen molar-refractivity contribution in [2.45, 2.75) is 6.92 Å². The number of non-ortho nitro benzene ring substituents is 1. The molecule has 3 rings (SSSR count). The molecule has 0 aliphatic heterocycles. The Kier molecular flexibility index (Phi) is 4.25. The summed E-state index contributed by atoms with van der Waals surface area (Å²) in [5, 5.41) is 20.1. The summed E-state index contributed by atoms with van der Waals surface area (Å²) in [7, 11) is 0. The molecule has 0 saturated carbocycles. The Hall–Kier alpha value is -3.55. The first-order valence-electron chi connectivity index (χ1n) is 7.32. The summed E-state index contributed by atoms with van der Waals surface area (Å²) in [6.45, 7) is 1.70. The number of nitrogens with zero attached hydrogens (tertiary/aromatic N) is 2. The van der Waals surface area contributed by atoms with Crippen LogP contribution in [0.2, 0.25) is 0 Å². The molecule has 0 saturated heterocycles. The zero-order valence-electron chi connectivity index (χ0n) is 13.1. The van der Waals surface area contributed by atoms with Crippen molar-refractivity contribution in [2.75, 3.05) is 5.32 Å². The van der Waals surface area contributed by atoms with Crippen molar-refractivity contribution in [1.82, 2.24) is 10.2 Å². The number of anilines is 1. The monoisotopic (exact) mass is 340 g/mol. The van der Waals surface area contributed by atoms with Crippen molar-refractivity contribution in [1.29, 1.82) is 0 Å². The molecule has 0 aliphatic rings. The topological polar surface area (TPSA) is 101 Å². The highest BCUT2D eigenvalue weighted by Gasteiger charge is 2.14. The van der Waals surface area contributed by atoms with Crippen LogP contribution in [0.1, 0.15) is 15.9 Å². The van der Waals surface area contributed by atoms with Crippen molar-refractivity contribution in [3.8, 4) is 11.3 Å². The molecule has 0 radical (unpaired) electrons. The lowest BCUT2D eigenvalue weighted by atomic mass is 10.1. The van der Waals surface area contributed by atoms with E-state index in [0.717, 1.165) is 6.07 Å². The van der Waals surface area contributed by atoms with E-state index in [4.69, 9.17) is 0 Å². The molecule has 0 unspecified atom stereocenters. The molecular weight excluding hydrogens is 327 g/mol. The highest BCUT2D eigenvalue weighted by Crippen LogP contribution is 2.24. The molecule has 1 aromatic heterocycles. The third-order valence-corrected chi connectivity index (χ3v) is 3.63. The molecular formula is C17H13FN4O3. The van der Waals surface area contributed by atoms with Gasteiger partial charge in [0.2, 0.25) is 0 Å². The normalized spacial score (nSPS) is 10.5. The van der Waals surface area contributed by atoms with Crippen LogP contribution in [0.15, 0.2) is 48.5 Å². The average Bonchev–Trinajstić information content (AvgIpc) is 3.05. The van der Waals surface area contributed by atoms with E-state index in [1.54, 1.807) is 25.1 Å². The van der Waals surface area contributed by atoms with Gasteiger partial charge in [0.15, 0.2) is 5.82 Å². The van der Waals surface area contributed by atoms with Gasteiger partial charge in [-0.25, -0.2) is 4.39 Å². The lowest BCUT2D eigenvalue weighted by Gasteiger charge is -2.05. The van der Waals surface area contributed by atoms with Crippen LogP contribution in [0.25, 0.3) is 11.3 Å². The Labute approximate surface area is 141 Å². The standard InChI is InChI=1S/C17H13FN4O3/c1-10-5-6-12(18)8-14(10)17(23)19-16-9-15(20-21-16)11-3-2-4-13(7-11)22(24)25/h2-9H,1H3,(H2,19,20,21,23). The van der Waals surface area contributed by atoms with Crippen LogP contribution in [0.3, 0.4) is 0 Å². The van der Waals surface area contributed by atoms with Gasteiger partial charge in [0.25, 0.3) is 11.6 Å². The number of amides is 1. The van der Waals surface area contributed by atoms with E-state index in [1.807, 2.05) is 0 Å². The van der Waals surface area contributed by atoms with Gasteiger partial charge in [-0.1, -0.05) is 18.2 Å². The number of nitrogens with one attached hydrogen (secondary N) is 2. The molecule has 0 aliphatic carbocycles. The number of carbonyl (C=O) groups excluding carboxylic acids is 1. The van der Waals surface area contributed by atoms with E-state index in [-0.39, 0.29) is 17.1 Å². The SMILES string of the molecule is Cc1ccc(F)cc1C(=O)Nc1cc(-c2cccc([N+](=O)[O-])c2)[nH]n1. The van der Waals surface area contributed by atoms with Crippen molar-refractivity contribution >= 4 is 17.4 Å². The highest BCUT2D eigenvalue weighted by molar-refractivity contribution is 6.05. The Balaban J connectivity index is 1.82. The number of benzene rings is 2. The van der Waals surface area contributed by atoms with Gasteiger partial charge in [0.05, 0.1) is 10.6 Å². The highest BCUT2D eigenvalue weighted by atomic mass is 19.1. The van der Waals surface area contributed by atoms with Gasteiger partial charge in [0.1, 0.15) is 5.82 Å². The fraction of sp³-hybridized carbons (Fsp3) is 0.0588. The number of halogens is 1. The number of nitro benzene ring substituents is 1. The van der Waals surface area contributed by atoms with Crippen LogP contribution in [0.4, 0.5) is 15.9 Å². The Morgan fingerprint density at radius 3 is 2.80 bits per heavy atom. The van der Waals surface area contributed by atoms with Crippen molar-refractivity contribution in [3.05, 3.63) is 75.6 Å². The van der Waals surface area contributed by atoms with E-state index < -0.39 is 16.6 Å². The Morgan fingerprint density at radius 1 is 1.24 bits per heavy atom. The Morgan fingerprint density at radius 2 is 2.04 bits per heavy atom. The molecule has 126 valence electrons. The summed E-state index contributed by atoms with van der Waals surface area (Å²) in [5.74, 6) is -0.765.